The first-order chi connectivity index (χ1) is 12.5. The van der Waals surface area contributed by atoms with Gasteiger partial charge in [0.1, 0.15) is 11.5 Å². The molecule has 0 amide bonds. The normalized spacial score (nSPS) is 17.0. The van der Waals surface area contributed by atoms with E-state index < -0.39 is 0 Å². The van der Waals surface area contributed by atoms with Crippen LogP contribution in [0.25, 0.3) is 10.8 Å². The van der Waals surface area contributed by atoms with Crippen LogP contribution >= 0.6 is 0 Å². The lowest BCUT2D eigenvalue weighted by atomic mass is 9.83. The van der Waals surface area contributed by atoms with E-state index in [0.29, 0.717) is 22.1 Å². The second kappa shape index (κ2) is 7.60. The molecule has 6 heteroatoms. The average molecular weight is 358 g/mol. The van der Waals surface area contributed by atoms with Gasteiger partial charge in [-0.3, -0.25) is 0 Å². The number of fused-ring (bicyclic) bond motifs is 2. The number of nitrogens with one attached hydrogen (secondary N) is 1. The lowest BCUT2D eigenvalue weighted by Crippen LogP contribution is -2.34. The van der Waals surface area contributed by atoms with Crippen molar-refractivity contribution >= 4 is 22.1 Å². The van der Waals surface area contributed by atoms with E-state index in [1.807, 2.05) is 0 Å². The summed E-state index contributed by atoms with van der Waals surface area (Å²) < 4.78 is 0. The fourth-order valence-electron chi connectivity index (χ4n) is 4.10. The predicted molar refractivity (Wildman–Crippen MR) is 108 cm³/mol. The Morgan fingerprint density at radius 1 is 1.08 bits per heavy atom. The summed E-state index contributed by atoms with van der Waals surface area (Å²) in [4.78, 5) is 2.35. The molecule has 6 nitrogen and oxygen atoms in total. The van der Waals surface area contributed by atoms with Gasteiger partial charge in [0.25, 0.3) is 0 Å². The molecule has 7 N–H and O–H groups in total. The monoisotopic (exact) mass is 358 g/mol. The Morgan fingerprint density at radius 3 is 2.31 bits per heavy atom. The fraction of sp³-hybridized carbons (Fsp3) is 0.500. The van der Waals surface area contributed by atoms with E-state index in [1.165, 1.54) is 0 Å². The van der Waals surface area contributed by atoms with Crippen LogP contribution in [0.4, 0.5) is 11.4 Å². The number of likely N-dealkylation sites (N-methyl/N-ethyl adjacent to an activating group) is 1. The second-order valence-corrected chi connectivity index (χ2v) is 7.01. The van der Waals surface area contributed by atoms with Crippen molar-refractivity contribution in [2.75, 3.05) is 37.6 Å². The summed E-state index contributed by atoms with van der Waals surface area (Å²) in [6, 6.07) is 3.35. The Hall–Kier alpha value is -2.18. The van der Waals surface area contributed by atoms with Gasteiger partial charge in [0.15, 0.2) is 0 Å². The number of phenols is 2. The van der Waals surface area contributed by atoms with E-state index in [-0.39, 0.29) is 17.5 Å². The van der Waals surface area contributed by atoms with Crippen LogP contribution < -0.4 is 16.8 Å². The average Bonchev–Trinajstić information content (AvgIpc) is 2.65. The molecule has 0 aromatic heterocycles. The van der Waals surface area contributed by atoms with E-state index in [0.717, 1.165) is 56.6 Å². The van der Waals surface area contributed by atoms with Crippen LogP contribution in [0.15, 0.2) is 12.1 Å². The topological polar surface area (TPSA) is 108 Å². The van der Waals surface area contributed by atoms with Gasteiger partial charge in [-0.2, -0.15) is 0 Å². The van der Waals surface area contributed by atoms with Gasteiger partial charge in [0.2, 0.25) is 0 Å². The van der Waals surface area contributed by atoms with Crippen molar-refractivity contribution in [1.82, 2.24) is 10.2 Å². The SMILES string of the molecule is CCN(CC)CCNC1CCCc2c1c(O)c1c(N)ccc(N)c1c2O. The molecule has 1 aliphatic carbocycles. The molecule has 0 radical (unpaired) electrons. The molecular formula is C20H30N4O2. The molecule has 142 valence electrons. The summed E-state index contributed by atoms with van der Waals surface area (Å²) >= 11 is 0. The molecule has 26 heavy (non-hydrogen) atoms. The van der Waals surface area contributed by atoms with Crippen molar-refractivity contribution in [2.24, 2.45) is 0 Å². The van der Waals surface area contributed by atoms with E-state index in [4.69, 9.17) is 11.5 Å². The van der Waals surface area contributed by atoms with Crippen LogP contribution in [0.5, 0.6) is 11.5 Å². The maximum Gasteiger partial charge on any atom is 0.130 e. The molecule has 1 atom stereocenters. The van der Waals surface area contributed by atoms with Crippen LogP contribution in [-0.2, 0) is 6.42 Å². The lowest BCUT2D eigenvalue weighted by molar-refractivity contribution is 0.291. The van der Waals surface area contributed by atoms with E-state index >= 15 is 0 Å². The van der Waals surface area contributed by atoms with Crippen LogP contribution in [0.1, 0.15) is 43.9 Å². The Labute approximate surface area is 154 Å². The van der Waals surface area contributed by atoms with Crippen molar-refractivity contribution in [3.05, 3.63) is 23.3 Å². The van der Waals surface area contributed by atoms with Gasteiger partial charge < -0.3 is 31.9 Å². The summed E-state index contributed by atoms with van der Waals surface area (Å²) in [6.45, 7) is 8.13. The highest BCUT2D eigenvalue weighted by Crippen LogP contribution is 2.49. The molecule has 0 saturated heterocycles. The number of benzene rings is 2. The van der Waals surface area contributed by atoms with Gasteiger partial charge in [-0.1, -0.05) is 13.8 Å². The maximum atomic E-state index is 11.0. The first-order valence-electron chi connectivity index (χ1n) is 9.49. The van der Waals surface area contributed by atoms with Crippen molar-refractivity contribution < 1.29 is 10.2 Å². The van der Waals surface area contributed by atoms with Gasteiger partial charge in [-0.15, -0.1) is 0 Å². The highest BCUT2D eigenvalue weighted by Gasteiger charge is 2.29. The first kappa shape index (κ1) is 18.6. The zero-order chi connectivity index (χ0) is 18.8. The number of nitrogens with two attached hydrogens (primary N) is 2. The molecule has 0 aliphatic heterocycles. The van der Waals surface area contributed by atoms with Gasteiger partial charge in [-0.25, -0.2) is 0 Å². The fourth-order valence-corrected chi connectivity index (χ4v) is 4.10. The Kier molecular flexibility index (Phi) is 5.44. The third-order valence-corrected chi connectivity index (χ3v) is 5.59. The molecular weight excluding hydrogens is 328 g/mol. The number of anilines is 2. The molecule has 0 saturated carbocycles. The minimum Gasteiger partial charge on any atom is -0.507 e. The minimum absolute atomic E-state index is 0.00504. The Balaban J connectivity index is 2.00. The summed E-state index contributed by atoms with van der Waals surface area (Å²) in [5, 5.41) is 26.3. The van der Waals surface area contributed by atoms with Gasteiger partial charge >= 0.3 is 0 Å². The first-order valence-corrected chi connectivity index (χ1v) is 9.49. The summed E-state index contributed by atoms with van der Waals surface area (Å²) in [5.74, 6) is 0.311. The Morgan fingerprint density at radius 2 is 1.69 bits per heavy atom. The summed E-state index contributed by atoms with van der Waals surface area (Å²) in [7, 11) is 0. The van der Waals surface area contributed by atoms with Crippen LogP contribution in [0, 0.1) is 0 Å². The molecule has 1 aliphatic rings. The van der Waals surface area contributed by atoms with E-state index in [2.05, 4.69) is 24.1 Å². The third-order valence-electron chi connectivity index (χ3n) is 5.59. The van der Waals surface area contributed by atoms with Crippen LogP contribution in [0.2, 0.25) is 0 Å². The van der Waals surface area contributed by atoms with Gasteiger partial charge in [0.05, 0.1) is 10.8 Å². The van der Waals surface area contributed by atoms with Crippen molar-refractivity contribution in [3.63, 3.8) is 0 Å². The van der Waals surface area contributed by atoms with Crippen LogP contribution in [0.3, 0.4) is 0 Å². The number of hydrogen-bond donors (Lipinski definition) is 5. The number of rotatable bonds is 6. The zero-order valence-corrected chi connectivity index (χ0v) is 15.7. The maximum absolute atomic E-state index is 11.0. The number of hydrogen-bond acceptors (Lipinski definition) is 6. The number of nitrogen functional groups attached to an aromatic ring is 2. The van der Waals surface area contributed by atoms with Crippen molar-refractivity contribution in [3.8, 4) is 11.5 Å². The molecule has 2 aromatic rings. The highest BCUT2D eigenvalue weighted by atomic mass is 16.3. The molecule has 0 heterocycles. The molecule has 0 bridgehead atoms. The van der Waals surface area contributed by atoms with Crippen molar-refractivity contribution in [1.29, 1.82) is 0 Å². The van der Waals surface area contributed by atoms with Gasteiger partial charge in [-0.05, 0) is 44.5 Å². The zero-order valence-electron chi connectivity index (χ0n) is 15.7. The lowest BCUT2D eigenvalue weighted by Gasteiger charge is -2.30. The van der Waals surface area contributed by atoms with Crippen LogP contribution in [-0.4, -0.2) is 41.3 Å². The standard InChI is InChI=1S/C20H30N4O2/c1-3-24(4-2)11-10-23-15-7-5-6-12-16(15)20(26)18-14(22)9-8-13(21)17(18)19(12)25/h8-9,15,23,25-26H,3-7,10-11,21-22H2,1-2H3. The highest BCUT2D eigenvalue weighted by molar-refractivity contribution is 6.09. The number of aromatic hydroxyl groups is 2. The molecule has 2 aromatic carbocycles. The molecule has 1 unspecified atom stereocenters. The van der Waals surface area contributed by atoms with Gasteiger partial charge in [0, 0.05) is 41.6 Å². The second-order valence-electron chi connectivity index (χ2n) is 7.01. The summed E-state index contributed by atoms with van der Waals surface area (Å²) in [5.41, 5.74) is 14.6. The minimum atomic E-state index is 0.00504. The molecule has 3 rings (SSSR count). The predicted octanol–water partition coefficient (Wildman–Crippen LogP) is 2.72. The quantitative estimate of drug-likeness (QED) is 0.401. The number of nitrogens with zero attached hydrogens (tertiary/aromatic N) is 1. The number of phenolic OH excluding ortho intramolecular Hbond substituents is 2. The van der Waals surface area contributed by atoms with Crippen molar-refractivity contribution in [2.45, 2.75) is 39.2 Å². The smallest absolute Gasteiger partial charge is 0.130 e. The largest absolute Gasteiger partial charge is 0.507 e. The third kappa shape index (κ3) is 3.15. The van der Waals surface area contributed by atoms with E-state index in [9.17, 15) is 10.2 Å². The van der Waals surface area contributed by atoms with E-state index in [1.54, 1.807) is 12.1 Å². The molecule has 0 spiro atoms. The Bertz CT molecular complexity index is 802. The molecule has 0 fully saturated rings. The summed E-state index contributed by atoms with van der Waals surface area (Å²) in [6.07, 6.45) is 2.61.